The van der Waals surface area contributed by atoms with Crippen molar-refractivity contribution in [1.29, 1.82) is 0 Å². The SMILES string of the molecule is CCN(C(=O)COc1cc(C)c(Br)c(C)c1)C1CC1. The van der Waals surface area contributed by atoms with Crippen molar-refractivity contribution < 1.29 is 9.53 Å². The Morgan fingerprint density at radius 1 is 1.37 bits per heavy atom. The summed E-state index contributed by atoms with van der Waals surface area (Å²) >= 11 is 3.52. The number of amides is 1. The molecule has 4 heteroatoms. The normalized spacial score (nSPS) is 14.3. The van der Waals surface area contributed by atoms with Gasteiger partial charge in [0.1, 0.15) is 5.75 Å². The molecule has 0 spiro atoms. The first kappa shape index (κ1) is 14.4. The molecular formula is C15H20BrNO2. The zero-order valence-corrected chi connectivity index (χ0v) is 13.3. The zero-order valence-electron chi connectivity index (χ0n) is 11.7. The maximum atomic E-state index is 12.1. The average molecular weight is 326 g/mol. The fourth-order valence-corrected chi connectivity index (χ4v) is 2.47. The molecule has 0 heterocycles. The van der Waals surface area contributed by atoms with Crippen LogP contribution in [0.25, 0.3) is 0 Å². The van der Waals surface area contributed by atoms with Crippen molar-refractivity contribution >= 4 is 21.8 Å². The fraction of sp³-hybridized carbons (Fsp3) is 0.533. The Labute approximate surface area is 123 Å². The van der Waals surface area contributed by atoms with E-state index in [-0.39, 0.29) is 12.5 Å². The summed E-state index contributed by atoms with van der Waals surface area (Å²) in [6.45, 7) is 6.96. The third-order valence-electron chi connectivity index (χ3n) is 3.42. The number of hydrogen-bond donors (Lipinski definition) is 0. The van der Waals surface area contributed by atoms with E-state index >= 15 is 0 Å². The number of aryl methyl sites for hydroxylation is 2. The minimum Gasteiger partial charge on any atom is -0.484 e. The van der Waals surface area contributed by atoms with Crippen molar-refractivity contribution in [1.82, 2.24) is 4.90 Å². The molecular weight excluding hydrogens is 306 g/mol. The Kier molecular flexibility index (Phi) is 4.50. The number of nitrogens with zero attached hydrogens (tertiary/aromatic N) is 1. The van der Waals surface area contributed by atoms with Crippen molar-refractivity contribution in [3.63, 3.8) is 0 Å². The van der Waals surface area contributed by atoms with Crippen LogP contribution in [0.5, 0.6) is 5.75 Å². The molecule has 1 aromatic rings. The summed E-state index contributed by atoms with van der Waals surface area (Å²) in [6.07, 6.45) is 2.27. The van der Waals surface area contributed by atoms with E-state index in [9.17, 15) is 4.79 Å². The van der Waals surface area contributed by atoms with Crippen LogP contribution in [0.1, 0.15) is 30.9 Å². The van der Waals surface area contributed by atoms with Gasteiger partial charge in [-0.1, -0.05) is 15.9 Å². The van der Waals surface area contributed by atoms with Gasteiger partial charge in [0, 0.05) is 17.1 Å². The van der Waals surface area contributed by atoms with E-state index in [1.807, 2.05) is 37.8 Å². The molecule has 3 nitrogen and oxygen atoms in total. The quantitative estimate of drug-likeness (QED) is 0.829. The monoisotopic (exact) mass is 325 g/mol. The third kappa shape index (κ3) is 3.50. The van der Waals surface area contributed by atoms with Crippen LogP contribution in [0, 0.1) is 13.8 Å². The van der Waals surface area contributed by atoms with Gasteiger partial charge in [-0.3, -0.25) is 4.79 Å². The number of hydrogen-bond acceptors (Lipinski definition) is 2. The van der Waals surface area contributed by atoms with Crippen molar-refractivity contribution in [2.45, 2.75) is 39.7 Å². The molecule has 2 rings (SSSR count). The Morgan fingerprint density at radius 2 is 1.95 bits per heavy atom. The summed E-state index contributed by atoms with van der Waals surface area (Å²) in [7, 11) is 0. The Morgan fingerprint density at radius 3 is 2.42 bits per heavy atom. The number of halogens is 1. The molecule has 0 unspecified atom stereocenters. The molecule has 0 saturated heterocycles. The molecule has 0 N–H and O–H groups in total. The van der Waals surface area contributed by atoms with Crippen LogP contribution in [-0.4, -0.2) is 30.0 Å². The molecule has 19 heavy (non-hydrogen) atoms. The van der Waals surface area contributed by atoms with Gasteiger partial charge in [0.2, 0.25) is 0 Å². The van der Waals surface area contributed by atoms with E-state index < -0.39 is 0 Å². The third-order valence-corrected chi connectivity index (χ3v) is 4.67. The second kappa shape index (κ2) is 5.95. The second-order valence-corrected chi connectivity index (χ2v) is 5.86. The molecule has 104 valence electrons. The minimum absolute atomic E-state index is 0.0863. The van der Waals surface area contributed by atoms with E-state index in [0.29, 0.717) is 6.04 Å². The predicted molar refractivity (Wildman–Crippen MR) is 79.5 cm³/mol. The summed E-state index contributed by atoms with van der Waals surface area (Å²) in [6, 6.07) is 4.37. The standard InChI is InChI=1S/C15H20BrNO2/c1-4-17(12-5-6-12)14(18)9-19-13-7-10(2)15(16)11(3)8-13/h7-8,12H,4-6,9H2,1-3H3. The Bertz CT molecular complexity index is 460. The van der Waals surface area contributed by atoms with Crippen molar-refractivity contribution in [2.75, 3.05) is 13.2 Å². The smallest absolute Gasteiger partial charge is 0.260 e. The molecule has 1 fully saturated rings. The van der Waals surface area contributed by atoms with E-state index in [0.717, 1.165) is 40.7 Å². The summed E-state index contributed by atoms with van der Waals surface area (Å²) in [5, 5.41) is 0. The lowest BCUT2D eigenvalue weighted by molar-refractivity contribution is -0.133. The lowest BCUT2D eigenvalue weighted by Crippen LogP contribution is -2.36. The molecule has 1 aliphatic rings. The van der Waals surface area contributed by atoms with Crippen LogP contribution in [0.15, 0.2) is 16.6 Å². The molecule has 1 saturated carbocycles. The largest absolute Gasteiger partial charge is 0.484 e. The number of rotatable bonds is 5. The van der Waals surface area contributed by atoms with Gasteiger partial charge in [-0.15, -0.1) is 0 Å². The van der Waals surface area contributed by atoms with Gasteiger partial charge in [-0.2, -0.15) is 0 Å². The molecule has 0 radical (unpaired) electrons. The van der Waals surface area contributed by atoms with Gasteiger partial charge in [0.15, 0.2) is 6.61 Å². The van der Waals surface area contributed by atoms with Gasteiger partial charge in [0.25, 0.3) is 5.91 Å². The van der Waals surface area contributed by atoms with Crippen LogP contribution in [0.2, 0.25) is 0 Å². The summed E-state index contributed by atoms with van der Waals surface area (Å²) in [4.78, 5) is 14.0. The summed E-state index contributed by atoms with van der Waals surface area (Å²) in [5.41, 5.74) is 2.24. The molecule has 1 aromatic carbocycles. The van der Waals surface area contributed by atoms with Crippen LogP contribution < -0.4 is 4.74 Å². The first-order valence-corrected chi connectivity index (χ1v) is 7.51. The lowest BCUT2D eigenvalue weighted by Gasteiger charge is -2.20. The van der Waals surface area contributed by atoms with Crippen LogP contribution in [0.3, 0.4) is 0 Å². The topological polar surface area (TPSA) is 29.5 Å². The number of likely N-dealkylation sites (N-methyl/N-ethyl adjacent to an activating group) is 1. The Balaban J connectivity index is 1.96. The zero-order chi connectivity index (χ0) is 14.0. The maximum absolute atomic E-state index is 12.1. The molecule has 0 bridgehead atoms. The first-order valence-electron chi connectivity index (χ1n) is 6.72. The molecule has 0 aromatic heterocycles. The highest BCUT2D eigenvalue weighted by molar-refractivity contribution is 9.10. The van der Waals surface area contributed by atoms with Gasteiger partial charge in [0.05, 0.1) is 0 Å². The van der Waals surface area contributed by atoms with Gasteiger partial charge in [-0.25, -0.2) is 0 Å². The maximum Gasteiger partial charge on any atom is 0.260 e. The first-order chi connectivity index (χ1) is 9.02. The van der Waals surface area contributed by atoms with E-state index in [1.54, 1.807) is 0 Å². The van der Waals surface area contributed by atoms with Crippen LogP contribution in [0.4, 0.5) is 0 Å². The van der Waals surface area contributed by atoms with Gasteiger partial charge in [-0.05, 0) is 56.9 Å². The van der Waals surface area contributed by atoms with Crippen molar-refractivity contribution in [2.24, 2.45) is 0 Å². The highest BCUT2D eigenvalue weighted by Crippen LogP contribution is 2.28. The average Bonchev–Trinajstić information content (AvgIpc) is 3.18. The van der Waals surface area contributed by atoms with Crippen LogP contribution >= 0.6 is 15.9 Å². The van der Waals surface area contributed by atoms with E-state index in [1.165, 1.54) is 0 Å². The highest BCUT2D eigenvalue weighted by atomic mass is 79.9. The predicted octanol–water partition coefficient (Wildman–Crippen LogP) is 3.46. The number of carbonyl (C=O) groups excluding carboxylic acids is 1. The number of carbonyl (C=O) groups is 1. The van der Waals surface area contributed by atoms with Crippen molar-refractivity contribution in [3.8, 4) is 5.75 Å². The fourth-order valence-electron chi connectivity index (χ4n) is 2.24. The summed E-state index contributed by atoms with van der Waals surface area (Å²) in [5.74, 6) is 0.849. The molecule has 0 aliphatic heterocycles. The Hall–Kier alpha value is -1.03. The lowest BCUT2D eigenvalue weighted by atomic mass is 10.1. The van der Waals surface area contributed by atoms with Gasteiger partial charge < -0.3 is 9.64 Å². The van der Waals surface area contributed by atoms with Crippen molar-refractivity contribution in [3.05, 3.63) is 27.7 Å². The number of benzene rings is 1. The van der Waals surface area contributed by atoms with Gasteiger partial charge >= 0.3 is 0 Å². The number of ether oxygens (including phenoxy) is 1. The van der Waals surface area contributed by atoms with E-state index in [4.69, 9.17) is 4.74 Å². The second-order valence-electron chi connectivity index (χ2n) is 5.07. The molecule has 0 atom stereocenters. The highest BCUT2D eigenvalue weighted by Gasteiger charge is 2.31. The molecule has 1 amide bonds. The van der Waals surface area contributed by atoms with E-state index in [2.05, 4.69) is 15.9 Å². The van der Waals surface area contributed by atoms with Crippen LogP contribution in [-0.2, 0) is 4.79 Å². The summed E-state index contributed by atoms with van der Waals surface area (Å²) < 4.78 is 6.73. The minimum atomic E-state index is 0.0863. The molecule has 1 aliphatic carbocycles.